The van der Waals surface area contributed by atoms with Gasteiger partial charge < -0.3 is 19.2 Å². The molecular weight excluding hydrogens is 502 g/mol. The summed E-state index contributed by atoms with van der Waals surface area (Å²) in [7, 11) is -2.12. The summed E-state index contributed by atoms with van der Waals surface area (Å²) in [4.78, 5) is 29.0. The molecule has 2 fully saturated rings. The number of nitrogens with one attached hydrogen (secondary N) is 1. The fourth-order valence-corrected chi connectivity index (χ4v) is 5.84. The van der Waals surface area contributed by atoms with E-state index in [1.54, 1.807) is 16.6 Å². The van der Waals surface area contributed by atoms with E-state index < -0.39 is 26.1 Å². The van der Waals surface area contributed by atoms with Gasteiger partial charge in [0.25, 0.3) is 0 Å². The third-order valence-corrected chi connectivity index (χ3v) is 7.92. The predicted molar refractivity (Wildman–Crippen MR) is 143 cm³/mol. The van der Waals surface area contributed by atoms with Crippen LogP contribution in [0.15, 0.2) is 18.5 Å². The Kier molecular flexibility index (Phi) is 8.85. The lowest BCUT2D eigenvalue weighted by atomic mass is 9.83. The Morgan fingerprint density at radius 1 is 1.29 bits per heavy atom. The summed E-state index contributed by atoms with van der Waals surface area (Å²) in [5, 5.41) is 17.8. The molecule has 1 aliphatic carbocycles. The van der Waals surface area contributed by atoms with Crippen LogP contribution in [0.3, 0.4) is 0 Å². The zero-order valence-corrected chi connectivity index (χ0v) is 23.7. The van der Waals surface area contributed by atoms with Crippen molar-refractivity contribution in [1.29, 1.82) is 5.26 Å². The summed E-state index contributed by atoms with van der Waals surface area (Å²) in [6.45, 7) is 8.22. The van der Waals surface area contributed by atoms with Crippen LogP contribution in [0.2, 0.25) is 19.6 Å². The van der Waals surface area contributed by atoms with Crippen molar-refractivity contribution >= 4 is 31.5 Å². The van der Waals surface area contributed by atoms with Crippen LogP contribution in [0, 0.1) is 23.7 Å². The number of nitrogens with zero attached hydrogens (tertiary/aromatic N) is 4. The van der Waals surface area contributed by atoms with Crippen LogP contribution >= 0.6 is 0 Å². The number of amides is 1. The average Bonchev–Trinajstić information content (AvgIpc) is 3.42. The molecule has 2 aliphatic rings. The molecule has 1 radical (unpaired) electrons. The van der Waals surface area contributed by atoms with Gasteiger partial charge in [0.05, 0.1) is 11.8 Å². The van der Waals surface area contributed by atoms with Gasteiger partial charge in [0.1, 0.15) is 30.6 Å². The van der Waals surface area contributed by atoms with Gasteiger partial charge >= 0.3 is 5.97 Å². The normalized spacial score (nSPS) is 23.7. The smallest absolute Gasteiger partial charge is 0.306 e. The highest BCUT2D eigenvalue weighted by molar-refractivity contribution is 6.69. The summed E-state index contributed by atoms with van der Waals surface area (Å²) < 4.78 is 19.8. The largest absolute Gasteiger partial charge is 0.463 e. The quantitative estimate of drug-likeness (QED) is 0.236. The van der Waals surface area contributed by atoms with Gasteiger partial charge in [-0.15, -0.1) is 0 Å². The maximum Gasteiger partial charge on any atom is 0.306 e. The minimum atomic E-state index is -2.12. The topological polar surface area (TPSA) is 128 Å². The summed E-state index contributed by atoms with van der Waals surface area (Å²) >= 11 is 0. The van der Waals surface area contributed by atoms with E-state index in [2.05, 4.69) is 28.4 Å². The SMILES string of the molecule is CCCCCC(=O)Nc1ncnn2c([C@]3(C#N)O[C@@H](COC(=O)CC4CCC4)[CH][C@H]3O[Si](C)(C)C)ccc12. The number of carbonyl (C=O) groups is 2. The fourth-order valence-electron chi connectivity index (χ4n) is 4.83. The molecule has 3 heterocycles. The van der Waals surface area contributed by atoms with E-state index in [1.807, 2.05) is 26.1 Å². The molecule has 2 aromatic rings. The van der Waals surface area contributed by atoms with Crippen molar-refractivity contribution < 1.29 is 23.5 Å². The highest BCUT2D eigenvalue weighted by Crippen LogP contribution is 2.42. The Bertz CT molecular complexity index is 1180. The number of esters is 1. The first-order valence-corrected chi connectivity index (χ1v) is 17.0. The summed E-state index contributed by atoms with van der Waals surface area (Å²) in [6, 6.07) is 5.85. The molecule has 0 spiro atoms. The monoisotopic (exact) mass is 540 g/mol. The molecule has 2 aromatic heterocycles. The Morgan fingerprint density at radius 2 is 2.08 bits per heavy atom. The summed E-state index contributed by atoms with van der Waals surface area (Å²) in [5.74, 6) is 0.409. The van der Waals surface area contributed by atoms with Crippen molar-refractivity contribution in [2.24, 2.45) is 5.92 Å². The van der Waals surface area contributed by atoms with Gasteiger partial charge in [-0.3, -0.25) is 9.59 Å². The van der Waals surface area contributed by atoms with Gasteiger partial charge in [0.2, 0.25) is 11.5 Å². The molecule has 1 saturated heterocycles. The molecule has 3 atom stereocenters. The molecule has 4 rings (SSSR count). The molecule has 1 amide bonds. The zero-order valence-electron chi connectivity index (χ0n) is 22.7. The lowest BCUT2D eigenvalue weighted by Gasteiger charge is -2.31. The molecule has 0 bridgehead atoms. The Hall–Kier alpha value is -2.81. The van der Waals surface area contributed by atoms with Gasteiger partial charge in [0.15, 0.2) is 14.1 Å². The molecule has 10 nitrogen and oxygen atoms in total. The third kappa shape index (κ3) is 6.42. The van der Waals surface area contributed by atoms with Crippen molar-refractivity contribution in [3.05, 3.63) is 30.6 Å². The highest BCUT2D eigenvalue weighted by Gasteiger charge is 2.55. The molecular formula is C27H38N5O5Si. The number of nitriles is 1. The second-order valence-electron chi connectivity index (χ2n) is 11.2. The first-order chi connectivity index (χ1) is 18.1. The number of ether oxygens (including phenoxy) is 2. The number of rotatable bonds is 12. The minimum absolute atomic E-state index is 0.0118. The Balaban J connectivity index is 1.57. The minimum Gasteiger partial charge on any atom is -0.463 e. The van der Waals surface area contributed by atoms with Crippen LogP contribution in [0.25, 0.3) is 5.52 Å². The van der Waals surface area contributed by atoms with E-state index >= 15 is 0 Å². The number of hydrogen-bond acceptors (Lipinski definition) is 8. The van der Waals surface area contributed by atoms with Crippen LogP contribution in [-0.2, 0) is 29.1 Å². The van der Waals surface area contributed by atoms with Crippen molar-refractivity contribution in [3.63, 3.8) is 0 Å². The van der Waals surface area contributed by atoms with E-state index in [1.165, 1.54) is 6.33 Å². The van der Waals surface area contributed by atoms with Crippen molar-refractivity contribution in [1.82, 2.24) is 14.6 Å². The van der Waals surface area contributed by atoms with Crippen molar-refractivity contribution in [2.45, 2.75) is 95.7 Å². The Morgan fingerprint density at radius 3 is 2.74 bits per heavy atom. The summed E-state index contributed by atoms with van der Waals surface area (Å²) in [5.41, 5.74) is -0.512. The van der Waals surface area contributed by atoms with Gasteiger partial charge in [-0.2, -0.15) is 10.4 Å². The van der Waals surface area contributed by atoms with Crippen molar-refractivity contribution in [2.75, 3.05) is 11.9 Å². The molecule has 11 heteroatoms. The van der Waals surface area contributed by atoms with Crippen molar-refractivity contribution in [3.8, 4) is 6.07 Å². The first-order valence-electron chi connectivity index (χ1n) is 13.6. The first kappa shape index (κ1) is 28.2. The number of carbonyl (C=O) groups excluding carboxylic acids is 2. The number of aromatic nitrogens is 3. The average molecular weight is 541 g/mol. The highest BCUT2D eigenvalue weighted by atomic mass is 28.4. The second-order valence-corrected chi connectivity index (χ2v) is 15.6. The van der Waals surface area contributed by atoms with Crippen LogP contribution in [0.1, 0.15) is 64.0 Å². The number of hydrogen-bond donors (Lipinski definition) is 1. The molecule has 1 saturated carbocycles. The summed E-state index contributed by atoms with van der Waals surface area (Å²) in [6.07, 6.45) is 8.77. The standard InChI is InChI=1S/C27H38N5O5Si/c1-5-6-7-11-24(33)31-26-21-12-13-22(32(21)30-18-29-26)27(17-28)23(37-38(2,3)4)15-20(36-27)16-35-25(34)14-19-9-8-10-19/h12-13,15,18-20,23H,5-11,14,16H2,1-4H3,(H,29,30,31,33)/t20-,23-,27+/m1/s1. The van der Waals surface area contributed by atoms with Gasteiger partial charge in [-0.05, 0) is 57.0 Å². The van der Waals surface area contributed by atoms with Crippen LogP contribution in [0.5, 0.6) is 0 Å². The lowest BCUT2D eigenvalue weighted by Crippen LogP contribution is -2.44. The molecule has 1 N–H and O–H groups in total. The van der Waals surface area contributed by atoms with E-state index in [4.69, 9.17) is 13.9 Å². The third-order valence-electron chi connectivity index (χ3n) is 6.96. The number of anilines is 1. The van der Waals surface area contributed by atoms with Crippen LogP contribution < -0.4 is 5.32 Å². The molecule has 38 heavy (non-hydrogen) atoms. The lowest BCUT2D eigenvalue weighted by molar-refractivity contribution is -0.150. The number of unbranched alkanes of at least 4 members (excludes halogenated alkanes) is 2. The second kappa shape index (κ2) is 11.9. The maximum atomic E-state index is 12.5. The van der Waals surface area contributed by atoms with E-state index in [9.17, 15) is 14.9 Å². The van der Waals surface area contributed by atoms with E-state index in [0.29, 0.717) is 35.8 Å². The van der Waals surface area contributed by atoms with Gasteiger partial charge in [0, 0.05) is 19.3 Å². The Labute approximate surface area is 225 Å². The molecule has 1 aliphatic heterocycles. The van der Waals surface area contributed by atoms with E-state index in [-0.39, 0.29) is 18.5 Å². The van der Waals surface area contributed by atoms with Gasteiger partial charge in [-0.25, -0.2) is 9.50 Å². The predicted octanol–water partition coefficient (Wildman–Crippen LogP) is 4.52. The molecule has 205 valence electrons. The zero-order chi connectivity index (χ0) is 27.3. The number of fused-ring (bicyclic) bond motifs is 1. The van der Waals surface area contributed by atoms with Crippen LogP contribution in [0.4, 0.5) is 5.82 Å². The molecule has 0 unspecified atom stereocenters. The van der Waals surface area contributed by atoms with Gasteiger partial charge in [-0.1, -0.05) is 26.2 Å². The fraction of sp³-hybridized carbons (Fsp3) is 0.630. The molecule has 0 aromatic carbocycles. The maximum absolute atomic E-state index is 12.5. The van der Waals surface area contributed by atoms with Crippen LogP contribution in [-0.4, -0.2) is 53.6 Å². The van der Waals surface area contributed by atoms with E-state index in [0.717, 1.165) is 38.5 Å².